The zero-order valence-electron chi connectivity index (χ0n) is 11.1. The van der Waals surface area contributed by atoms with E-state index in [9.17, 15) is 0 Å². The van der Waals surface area contributed by atoms with E-state index in [2.05, 4.69) is 24.5 Å². The van der Waals surface area contributed by atoms with Crippen LogP contribution in [0.3, 0.4) is 0 Å². The van der Waals surface area contributed by atoms with Gasteiger partial charge in [-0.25, -0.2) is 0 Å². The summed E-state index contributed by atoms with van der Waals surface area (Å²) in [7, 11) is 0. The normalized spacial score (nSPS) is 33.5. The minimum absolute atomic E-state index is 0.410. The average molecular weight is 242 g/mol. The maximum Gasteiger partial charge on any atom is 0.0726 e. The van der Waals surface area contributed by atoms with E-state index >= 15 is 0 Å². The van der Waals surface area contributed by atoms with Gasteiger partial charge in [0.15, 0.2) is 0 Å². The molecule has 17 heavy (non-hydrogen) atoms. The zero-order chi connectivity index (χ0) is 12.1. The fourth-order valence-corrected chi connectivity index (χ4v) is 2.82. The molecule has 2 aliphatic rings. The first-order valence-corrected chi connectivity index (χ1v) is 6.94. The summed E-state index contributed by atoms with van der Waals surface area (Å²) in [5.74, 6) is 0. The molecular formula is C13H26N2O2. The lowest BCUT2D eigenvalue weighted by atomic mass is 10.0. The van der Waals surface area contributed by atoms with Crippen molar-refractivity contribution >= 4 is 0 Å². The molecule has 2 heterocycles. The van der Waals surface area contributed by atoms with E-state index in [-0.39, 0.29) is 0 Å². The monoisotopic (exact) mass is 242 g/mol. The Morgan fingerprint density at radius 3 is 2.88 bits per heavy atom. The molecule has 0 aromatic rings. The van der Waals surface area contributed by atoms with Crippen molar-refractivity contribution in [3.8, 4) is 0 Å². The number of hydrogen-bond acceptors (Lipinski definition) is 4. The van der Waals surface area contributed by atoms with Crippen LogP contribution in [0.25, 0.3) is 0 Å². The van der Waals surface area contributed by atoms with Crippen LogP contribution in [-0.4, -0.2) is 50.6 Å². The lowest BCUT2D eigenvalue weighted by Crippen LogP contribution is -2.48. The molecule has 2 fully saturated rings. The van der Waals surface area contributed by atoms with E-state index in [0.717, 1.165) is 32.8 Å². The molecule has 2 N–H and O–H groups in total. The zero-order valence-corrected chi connectivity index (χ0v) is 11.1. The maximum absolute atomic E-state index is 5.70. The van der Waals surface area contributed by atoms with Crippen molar-refractivity contribution in [2.24, 2.45) is 0 Å². The molecule has 2 aliphatic heterocycles. The van der Waals surface area contributed by atoms with Gasteiger partial charge in [-0.3, -0.25) is 0 Å². The molecule has 4 atom stereocenters. The van der Waals surface area contributed by atoms with Crippen LogP contribution in [0, 0.1) is 0 Å². The maximum atomic E-state index is 5.70. The highest BCUT2D eigenvalue weighted by Gasteiger charge is 2.24. The predicted octanol–water partition coefficient (Wildman–Crippen LogP) is 0.911. The molecule has 100 valence electrons. The summed E-state index contributed by atoms with van der Waals surface area (Å²) in [6, 6.07) is 1.47. The van der Waals surface area contributed by atoms with Crippen molar-refractivity contribution in [3.05, 3.63) is 0 Å². The second-order valence-electron chi connectivity index (χ2n) is 5.37. The van der Waals surface area contributed by atoms with Gasteiger partial charge in [-0.1, -0.05) is 0 Å². The average Bonchev–Trinajstić information content (AvgIpc) is 2.83. The fraction of sp³-hybridized carbons (Fsp3) is 1.00. The first kappa shape index (κ1) is 13.3. The summed E-state index contributed by atoms with van der Waals surface area (Å²) in [4.78, 5) is 0. The largest absolute Gasteiger partial charge is 0.379 e. The predicted molar refractivity (Wildman–Crippen MR) is 68.3 cm³/mol. The summed E-state index contributed by atoms with van der Waals surface area (Å²) in [5.41, 5.74) is 0. The smallest absolute Gasteiger partial charge is 0.0726 e. The topological polar surface area (TPSA) is 42.5 Å². The van der Waals surface area contributed by atoms with Gasteiger partial charge in [-0.2, -0.15) is 0 Å². The van der Waals surface area contributed by atoms with Crippen molar-refractivity contribution in [2.45, 2.75) is 57.3 Å². The van der Waals surface area contributed by atoms with Gasteiger partial charge < -0.3 is 20.1 Å². The van der Waals surface area contributed by atoms with Gasteiger partial charge in [0, 0.05) is 31.3 Å². The first-order chi connectivity index (χ1) is 8.25. The third-order valence-electron chi connectivity index (χ3n) is 3.71. The molecule has 0 radical (unpaired) electrons. The van der Waals surface area contributed by atoms with Crippen LogP contribution in [0.5, 0.6) is 0 Å². The van der Waals surface area contributed by atoms with Crippen molar-refractivity contribution in [1.82, 2.24) is 10.6 Å². The Bertz CT molecular complexity index is 213. The Hall–Kier alpha value is -0.160. The first-order valence-electron chi connectivity index (χ1n) is 6.94. The van der Waals surface area contributed by atoms with E-state index in [0.29, 0.717) is 24.2 Å². The van der Waals surface area contributed by atoms with E-state index in [4.69, 9.17) is 9.47 Å². The Balaban J connectivity index is 1.66. The molecule has 0 aromatic carbocycles. The van der Waals surface area contributed by atoms with Crippen LogP contribution in [0.2, 0.25) is 0 Å². The van der Waals surface area contributed by atoms with E-state index in [1.54, 1.807) is 0 Å². The van der Waals surface area contributed by atoms with Gasteiger partial charge in [0.25, 0.3) is 0 Å². The SMILES string of the molecule is CC(CC1COCCN1)NC(C)C1CCCO1. The summed E-state index contributed by atoms with van der Waals surface area (Å²) in [6.07, 6.45) is 3.94. The molecule has 0 aliphatic carbocycles. The van der Waals surface area contributed by atoms with Crippen molar-refractivity contribution in [1.29, 1.82) is 0 Å². The highest BCUT2D eigenvalue weighted by molar-refractivity contribution is 4.82. The second kappa shape index (κ2) is 6.69. The highest BCUT2D eigenvalue weighted by Crippen LogP contribution is 2.16. The number of morpholine rings is 1. The third-order valence-corrected chi connectivity index (χ3v) is 3.71. The Kier molecular flexibility index (Phi) is 5.22. The van der Waals surface area contributed by atoms with Gasteiger partial charge in [0.1, 0.15) is 0 Å². The van der Waals surface area contributed by atoms with Crippen LogP contribution < -0.4 is 10.6 Å². The summed E-state index contributed by atoms with van der Waals surface area (Å²) < 4.78 is 11.2. The molecule has 2 rings (SSSR count). The molecule has 0 amide bonds. The molecule has 0 aromatic heterocycles. The third kappa shape index (κ3) is 4.21. The second-order valence-corrected chi connectivity index (χ2v) is 5.37. The van der Waals surface area contributed by atoms with E-state index in [1.165, 1.54) is 12.8 Å². The van der Waals surface area contributed by atoms with Crippen molar-refractivity contribution in [2.75, 3.05) is 26.4 Å². The molecule has 4 unspecified atom stereocenters. The van der Waals surface area contributed by atoms with Crippen LogP contribution in [0.1, 0.15) is 33.1 Å². The summed E-state index contributed by atoms with van der Waals surface area (Å²) in [6.45, 7) is 8.10. The fourth-order valence-electron chi connectivity index (χ4n) is 2.82. The number of hydrogen-bond donors (Lipinski definition) is 2. The number of nitrogens with one attached hydrogen (secondary N) is 2. The Morgan fingerprint density at radius 2 is 2.24 bits per heavy atom. The molecule has 0 spiro atoms. The minimum Gasteiger partial charge on any atom is -0.379 e. The van der Waals surface area contributed by atoms with Crippen molar-refractivity contribution in [3.63, 3.8) is 0 Å². The van der Waals surface area contributed by atoms with Gasteiger partial charge in [-0.05, 0) is 33.1 Å². The molecule has 4 nitrogen and oxygen atoms in total. The van der Waals surface area contributed by atoms with Crippen LogP contribution in [-0.2, 0) is 9.47 Å². The van der Waals surface area contributed by atoms with Gasteiger partial charge in [0.05, 0.1) is 19.3 Å². The highest BCUT2D eigenvalue weighted by atomic mass is 16.5. The van der Waals surface area contributed by atoms with Crippen molar-refractivity contribution < 1.29 is 9.47 Å². The van der Waals surface area contributed by atoms with Gasteiger partial charge in [0.2, 0.25) is 0 Å². The molecular weight excluding hydrogens is 216 g/mol. The summed E-state index contributed by atoms with van der Waals surface area (Å²) >= 11 is 0. The summed E-state index contributed by atoms with van der Waals surface area (Å²) in [5, 5.41) is 7.15. The molecule has 2 saturated heterocycles. The number of rotatable bonds is 5. The molecule has 4 heteroatoms. The minimum atomic E-state index is 0.410. The number of ether oxygens (including phenoxy) is 2. The lowest BCUT2D eigenvalue weighted by molar-refractivity contribution is 0.0635. The van der Waals surface area contributed by atoms with Crippen LogP contribution in [0.15, 0.2) is 0 Å². The molecule has 0 saturated carbocycles. The lowest BCUT2D eigenvalue weighted by Gasteiger charge is -2.29. The van der Waals surface area contributed by atoms with E-state index < -0.39 is 0 Å². The Labute approximate surface area is 104 Å². The molecule has 0 bridgehead atoms. The standard InChI is InChI=1S/C13H26N2O2/c1-10(8-12-9-16-7-5-14-12)15-11(2)13-4-3-6-17-13/h10-15H,3-9H2,1-2H3. The van der Waals surface area contributed by atoms with Gasteiger partial charge in [-0.15, -0.1) is 0 Å². The Morgan fingerprint density at radius 1 is 1.35 bits per heavy atom. The van der Waals surface area contributed by atoms with E-state index in [1.807, 2.05) is 0 Å². The van der Waals surface area contributed by atoms with Crippen LogP contribution in [0.4, 0.5) is 0 Å². The van der Waals surface area contributed by atoms with Gasteiger partial charge >= 0.3 is 0 Å². The van der Waals surface area contributed by atoms with Crippen LogP contribution >= 0.6 is 0 Å². The quantitative estimate of drug-likeness (QED) is 0.752.